The first-order valence-electron chi connectivity index (χ1n) is 8.85. The summed E-state index contributed by atoms with van der Waals surface area (Å²) in [5.41, 5.74) is 5.59. The fraction of sp³-hybridized carbons (Fsp3) is 0.217. The first kappa shape index (κ1) is 15.9. The van der Waals surface area contributed by atoms with Crippen LogP contribution in [0, 0.1) is 0 Å². The molecule has 0 fully saturated rings. The molecular formula is C23H23NO. The van der Waals surface area contributed by atoms with Crippen molar-refractivity contribution in [3.63, 3.8) is 0 Å². The lowest BCUT2D eigenvalue weighted by Gasteiger charge is -2.36. The van der Waals surface area contributed by atoms with E-state index in [0.717, 1.165) is 25.3 Å². The first-order valence-corrected chi connectivity index (χ1v) is 8.85. The largest absolute Gasteiger partial charge is 0.497 e. The van der Waals surface area contributed by atoms with Crippen molar-refractivity contribution in [2.24, 2.45) is 0 Å². The molecule has 1 aliphatic heterocycles. The number of fused-ring (bicyclic) bond motifs is 1. The van der Waals surface area contributed by atoms with Gasteiger partial charge in [0.15, 0.2) is 0 Å². The van der Waals surface area contributed by atoms with Gasteiger partial charge in [-0.2, -0.15) is 0 Å². The molecular weight excluding hydrogens is 306 g/mol. The minimum Gasteiger partial charge on any atom is -0.497 e. The van der Waals surface area contributed by atoms with E-state index in [4.69, 9.17) is 4.74 Å². The van der Waals surface area contributed by atoms with Crippen LogP contribution in [0.3, 0.4) is 0 Å². The SMILES string of the molecule is COc1ccc(C(c2ccccc2)N2CCc3ccccc3C2)cc1. The fourth-order valence-corrected chi connectivity index (χ4v) is 3.77. The van der Waals surface area contributed by atoms with Gasteiger partial charge < -0.3 is 4.74 Å². The molecule has 1 heterocycles. The highest BCUT2D eigenvalue weighted by atomic mass is 16.5. The van der Waals surface area contributed by atoms with Crippen molar-refractivity contribution in [2.45, 2.75) is 19.0 Å². The van der Waals surface area contributed by atoms with Gasteiger partial charge in [0, 0.05) is 13.1 Å². The summed E-state index contributed by atoms with van der Waals surface area (Å²) in [6.07, 6.45) is 1.11. The number of nitrogens with zero attached hydrogens (tertiary/aromatic N) is 1. The normalized spacial score (nSPS) is 15.4. The molecule has 0 saturated carbocycles. The summed E-state index contributed by atoms with van der Waals surface area (Å²) in [6.45, 7) is 2.06. The average Bonchev–Trinajstić information content (AvgIpc) is 2.69. The van der Waals surface area contributed by atoms with Crippen molar-refractivity contribution in [3.05, 3.63) is 101 Å². The Morgan fingerprint density at radius 3 is 2.12 bits per heavy atom. The van der Waals surface area contributed by atoms with E-state index in [1.807, 2.05) is 0 Å². The summed E-state index contributed by atoms with van der Waals surface area (Å²) in [7, 11) is 1.71. The standard InChI is InChI=1S/C23H23NO/c1-25-22-13-11-20(12-14-22)23(19-8-3-2-4-9-19)24-16-15-18-7-5-6-10-21(18)17-24/h2-14,23H,15-17H2,1H3. The van der Waals surface area contributed by atoms with Gasteiger partial charge >= 0.3 is 0 Å². The Kier molecular flexibility index (Phi) is 4.53. The summed E-state index contributed by atoms with van der Waals surface area (Å²) >= 11 is 0. The van der Waals surface area contributed by atoms with Crippen LogP contribution in [0.15, 0.2) is 78.9 Å². The average molecular weight is 329 g/mol. The second-order valence-corrected chi connectivity index (χ2v) is 6.58. The maximum Gasteiger partial charge on any atom is 0.118 e. The number of methoxy groups -OCH3 is 1. The Balaban J connectivity index is 1.71. The summed E-state index contributed by atoms with van der Waals surface area (Å²) < 4.78 is 5.33. The van der Waals surface area contributed by atoms with E-state index in [0.29, 0.717) is 0 Å². The molecule has 3 aromatic carbocycles. The fourth-order valence-electron chi connectivity index (χ4n) is 3.77. The zero-order chi connectivity index (χ0) is 17.1. The van der Waals surface area contributed by atoms with Crippen LogP contribution >= 0.6 is 0 Å². The van der Waals surface area contributed by atoms with E-state index < -0.39 is 0 Å². The summed E-state index contributed by atoms with van der Waals surface area (Å²) in [6, 6.07) is 28.4. The minimum atomic E-state index is 0.264. The smallest absolute Gasteiger partial charge is 0.118 e. The third-order valence-electron chi connectivity index (χ3n) is 5.07. The Morgan fingerprint density at radius 1 is 0.760 bits per heavy atom. The van der Waals surface area contributed by atoms with Crippen molar-refractivity contribution in [1.82, 2.24) is 4.90 Å². The molecule has 0 amide bonds. The van der Waals surface area contributed by atoms with Crippen LogP contribution in [0.4, 0.5) is 0 Å². The van der Waals surface area contributed by atoms with Gasteiger partial charge in [0.1, 0.15) is 5.75 Å². The zero-order valence-corrected chi connectivity index (χ0v) is 14.6. The third kappa shape index (κ3) is 3.31. The maximum absolute atomic E-state index is 5.33. The second kappa shape index (κ2) is 7.12. The van der Waals surface area contributed by atoms with E-state index in [9.17, 15) is 0 Å². The Morgan fingerprint density at radius 2 is 1.40 bits per heavy atom. The molecule has 2 heteroatoms. The lowest BCUT2D eigenvalue weighted by atomic mass is 9.92. The molecule has 0 radical (unpaired) electrons. The molecule has 1 aliphatic rings. The molecule has 0 aromatic heterocycles. The zero-order valence-electron chi connectivity index (χ0n) is 14.6. The van der Waals surface area contributed by atoms with Gasteiger partial charge in [-0.3, -0.25) is 4.90 Å². The predicted octanol–water partition coefficient (Wildman–Crippen LogP) is 4.84. The molecule has 2 nitrogen and oxygen atoms in total. The first-order chi connectivity index (χ1) is 12.3. The van der Waals surface area contributed by atoms with Crippen molar-refractivity contribution >= 4 is 0 Å². The monoisotopic (exact) mass is 329 g/mol. The van der Waals surface area contributed by atoms with Crippen LogP contribution in [0.2, 0.25) is 0 Å². The topological polar surface area (TPSA) is 12.5 Å². The molecule has 0 saturated heterocycles. The Labute approximate surface area is 149 Å². The highest BCUT2D eigenvalue weighted by Gasteiger charge is 2.26. The highest BCUT2D eigenvalue weighted by molar-refractivity contribution is 5.37. The van der Waals surface area contributed by atoms with Crippen molar-refractivity contribution in [3.8, 4) is 5.75 Å². The number of benzene rings is 3. The van der Waals surface area contributed by atoms with E-state index >= 15 is 0 Å². The lowest BCUT2D eigenvalue weighted by Crippen LogP contribution is -2.34. The van der Waals surface area contributed by atoms with Crippen LogP contribution in [0.25, 0.3) is 0 Å². The van der Waals surface area contributed by atoms with Crippen LogP contribution in [-0.4, -0.2) is 18.6 Å². The summed E-state index contributed by atoms with van der Waals surface area (Å²) in [4.78, 5) is 2.58. The van der Waals surface area contributed by atoms with E-state index in [1.165, 1.54) is 22.3 Å². The van der Waals surface area contributed by atoms with Crippen LogP contribution in [0.1, 0.15) is 28.3 Å². The summed E-state index contributed by atoms with van der Waals surface area (Å²) in [5, 5.41) is 0. The predicted molar refractivity (Wildman–Crippen MR) is 102 cm³/mol. The molecule has 0 aliphatic carbocycles. The second-order valence-electron chi connectivity index (χ2n) is 6.58. The minimum absolute atomic E-state index is 0.264. The Bertz CT molecular complexity index is 826. The van der Waals surface area contributed by atoms with Gasteiger partial charge in [-0.25, -0.2) is 0 Å². The maximum atomic E-state index is 5.33. The molecule has 0 bridgehead atoms. The molecule has 3 aromatic rings. The summed E-state index contributed by atoms with van der Waals surface area (Å²) in [5.74, 6) is 0.902. The van der Waals surface area contributed by atoms with Crippen molar-refractivity contribution in [2.75, 3.05) is 13.7 Å². The molecule has 0 N–H and O–H groups in total. The highest BCUT2D eigenvalue weighted by Crippen LogP contribution is 2.33. The third-order valence-corrected chi connectivity index (χ3v) is 5.07. The lowest BCUT2D eigenvalue weighted by molar-refractivity contribution is 0.206. The van der Waals surface area contributed by atoms with Gasteiger partial charge in [0.25, 0.3) is 0 Å². The van der Waals surface area contributed by atoms with Gasteiger partial charge in [-0.05, 0) is 40.8 Å². The number of hydrogen-bond donors (Lipinski definition) is 0. The van der Waals surface area contributed by atoms with Crippen molar-refractivity contribution < 1.29 is 4.74 Å². The van der Waals surface area contributed by atoms with E-state index in [1.54, 1.807) is 7.11 Å². The van der Waals surface area contributed by atoms with E-state index in [-0.39, 0.29) is 6.04 Å². The molecule has 4 rings (SSSR count). The van der Waals surface area contributed by atoms with Crippen LogP contribution in [0.5, 0.6) is 5.75 Å². The van der Waals surface area contributed by atoms with Crippen molar-refractivity contribution in [1.29, 1.82) is 0 Å². The molecule has 0 spiro atoms. The Hall–Kier alpha value is -2.58. The molecule has 25 heavy (non-hydrogen) atoms. The number of ether oxygens (including phenoxy) is 1. The molecule has 1 atom stereocenters. The quantitative estimate of drug-likeness (QED) is 0.679. The molecule has 126 valence electrons. The number of hydrogen-bond acceptors (Lipinski definition) is 2. The van der Waals surface area contributed by atoms with Gasteiger partial charge in [0.2, 0.25) is 0 Å². The van der Waals surface area contributed by atoms with Crippen LogP contribution < -0.4 is 4.74 Å². The number of rotatable bonds is 4. The molecule has 1 unspecified atom stereocenters. The van der Waals surface area contributed by atoms with Gasteiger partial charge in [-0.15, -0.1) is 0 Å². The van der Waals surface area contributed by atoms with Crippen LogP contribution in [-0.2, 0) is 13.0 Å². The van der Waals surface area contributed by atoms with E-state index in [2.05, 4.69) is 83.8 Å². The van der Waals surface area contributed by atoms with Gasteiger partial charge in [-0.1, -0.05) is 66.7 Å². The van der Waals surface area contributed by atoms with Gasteiger partial charge in [0.05, 0.1) is 13.2 Å².